The number of nitro groups is 1. The maximum Gasteiger partial charge on any atom is 0.433 e. The quantitative estimate of drug-likeness (QED) is 0.376. The Morgan fingerprint density at radius 1 is 1.10 bits per heavy atom. The molecule has 0 fully saturated rings. The average molecular weight is 392 g/mol. The highest BCUT2D eigenvalue weighted by Crippen LogP contribution is 2.18. The molecule has 9 heteroatoms. The molecule has 0 aliphatic carbocycles. The minimum atomic E-state index is -0.699. The van der Waals surface area contributed by atoms with E-state index in [0.29, 0.717) is 5.56 Å². The Labute approximate surface area is 165 Å². The van der Waals surface area contributed by atoms with Crippen LogP contribution in [0.25, 0.3) is 6.08 Å². The maximum absolute atomic E-state index is 12.7. The number of pyridine rings is 1. The first-order chi connectivity index (χ1) is 13.9. The molecule has 0 atom stereocenters. The Morgan fingerprint density at radius 2 is 1.86 bits per heavy atom. The van der Waals surface area contributed by atoms with Gasteiger partial charge < -0.3 is 15.1 Å². The second kappa shape index (κ2) is 8.61. The second-order valence-corrected chi connectivity index (χ2v) is 5.98. The lowest BCUT2D eigenvalue weighted by atomic mass is 10.1. The van der Waals surface area contributed by atoms with E-state index >= 15 is 0 Å². The van der Waals surface area contributed by atoms with Crippen LogP contribution >= 0.6 is 0 Å². The van der Waals surface area contributed by atoms with E-state index in [-0.39, 0.29) is 17.3 Å². The number of aryl methyl sites for hydroxylation is 1. The molecule has 0 aliphatic rings. The van der Waals surface area contributed by atoms with Crippen LogP contribution in [0.3, 0.4) is 0 Å². The van der Waals surface area contributed by atoms with E-state index in [1.165, 1.54) is 18.3 Å². The highest BCUT2D eigenvalue weighted by atomic mass is 16.6. The molecule has 3 aromatic rings. The molecule has 0 spiro atoms. The van der Waals surface area contributed by atoms with E-state index in [9.17, 15) is 19.7 Å². The number of aromatic nitrogens is 1. The predicted octanol–water partition coefficient (Wildman–Crippen LogP) is 3.30. The topological polar surface area (TPSA) is 127 Å². The molecule has 146 valence electrons. The normalized spacial score (nSPS) is 11.0. The molecular weight excluding hydrogens is 376 g/mol. The summed E-state index contributed by atoms with van der Waals surface area (Å²) in [6.45, 7) is 1.89. The minimum absolute atomic E-state index is 0.0343. The standard InChI is InChI=1S/C20H16N4O5/c1-13-5-7-14(8-6-13)19(25)22-16(12-15-9-10-18(29-15)24(27)28)20(26)23-17-4-2-3-11-21-17/h2-12H,1H3,(H,22,25)(H,21,23,26). The summed E-state index contributed by atoms with van der Waals surface area (Å²) < 4.78 is 5.06. The van der Waals surface area contributed by atoms with Gasteiger partial charge in [0.05, 0.1) is 6.07 Å². The summed E-state index contributed by atoms with van der Waals surface area (Å²) in [6, 6.07) is 14.2. The van der Waals surface area contributed by atoms with E-state index in [0.717, 1.165) is 11.6 Å². The first kappa shape index (κ1) is 19.5. The summed E-state index contributed by atoms with van der Waals surface area (Å²) in [6.07, 6.45) is 2.71. The molecule has 0 aliphatic heterocycles. The molecule has 9 nitrogen and oxygen atoms in total. The van der Waals surface area contributed by atoms with E-state index in [1.54, 1.807) is 42.5 Å². The number of nitrogens with one attached hydrogen (secondary N) is 2. The molecule has 1 aromatic carbocycles. The van der Waals surface area contributed by atoms with Gasteiger partial charge in [-0.15, -0.1) is 0 Å². The van der Waals surface area contributed by atoms with Crippen molar-refractivity contribution in [1.82, 2.24) is 10.3 Å². The lowest BCUT2D eigenvalue weighted by molar-refractivity contribution is -0.402. The molecular formula is C20H16N4O5. The smallest absolute Gasteiger partial charge is 0.401 e. The van der Waals surface area contributed by atoms with Crippen molar-refractivity contribution in [1.29, 1.82) is 0 Å². The number of furan rings is 1. The van der Waals surface area contributed by atoms with E-state index in [1.807, 2.05) is 6.92 Å². The highest BCUT2D eigenvalue weighted by molar-refractivity contribution is 6.10. The van der Waals surface area contributed by atoms with Crippen LogP contribution in [0.4, 0.5) is 11.7 Å². The molecule has 2 amide bonds. The van der Waals surface area contributed by atoms with Crippen molar-refractivity contribution in [2.45, 2.75) is 6.92 Å². The number of amides is 2. The SMILES string of the molecule is Cc1ccc(C(=O)NC(=Cc2ccc([N+](=O)[O-])o2)C(=O)Nc2ccccn2)cc1. The Hall–Kier alpha value is -4.27. The van der Waals surface area contributed by atoms with Crippen molar-refractivity contribution in [3.05, 3.63) is 93.5 Å². The van der Waals surface area contributed by atoms with Gasteiger partial charge in [-0.25, -0.2) is 4.98 Å². The van der Waals surface area contributed by atoms with Crippen molar-refractivity contribution < 1.29 is 18.9 Å². The summed E-state index contributed by atoms with van der Waals surface area (Å²) in [5.41, 5.74) is 1.16. The van der Waals surface area contributed by atoms with Crippen LogP contribution in [0, 0.1) is 17.0 Å². The highest BCUT2D eigenvalue weighted by Gasteiger charge is 2.18. The van der Waals surface area contributed by atoms with Crippen molar-refractivity contribution in [3.8, 4) is 0 Å². The molecule has 0 radical (unpaired) electrons. The average Bonchev–Trinajstić information content (AvgIpc) is 3.17. The van der Waals surface area contributed by atoms with Crippen LogP contribution < -0.4 is 10.6 Å². The lowest BCUT2D eigenvalue weighted by Gasteiger charge is -2.10. The molecule has 2 aromatic heterocycles. The van der Waals surface area contributed by atoms with Crippen LogP contribution in [-0.2, 0) is 4.79 Å². The third-order valence-corrected chi connectivity index (χ3v) is 3.79. The zero-order valence-electron chi connectivity index (χ0n) is 15.3. The monoisotopic (exact) mass is 392 g/mol. The van der Waals surface area contributed by atoms with Gasteiger partial charge in [0.15, 0.2) is 0 Å². The fourth-order valence-electron chi connectivity index (χ4n) is 2.34. The first-order valence-electron chi connectivity index (χ1n) is 8.49. The maximum atomic E-state index is 12.7. The Bertz CT molecular complexity index is 1070. The number of hydrogen-bond donors (Lipinski definition) is 2. The Kier molecular flexibility index (Phi) is 5.79. The Balaban J connectivity index is 1.88. The number of hydrogen-bond acceptors (Lipinski definition) is 6. The summed E-state index contributed by atoms with van der Waals surface area (Å²) in [7, 11) is 0. The summed E-state index contributed by atoms with van der Waals surface area (Å²) in [5, 5.41) is 15.9. The Morgan fingerprint density at radius 3 is 2.48 bits per heavy atom. The fourth-order valence-corrected chi connectivity index (χ4v) is 2.34. The van der Waals surface area contributed by atoms with Gasteiger partial charge in [-0.3, -0.25) is 19.7 Å². The number of anilines is 1. The first-order valence-corrected chi connectivity index (χ1v) is 8.49. The predicted molar refractivity (Wildman–Crippen MR) is 105 cm³/mol. The minimum Gasteiger partial charge on any atom is -0.401 e. The zero-order valence-corrected chi connectivity index (χ0v) is 15.3. The second-order valence-electron chi connectivity index (χ2n) is 5.98. The number of carbonyl (C=O) groups excluding carboxylic acids is 2. The van der Waals surface area contributed by atoms with Gasteiger partial charge in [-0.05, 0) is 37.3 Å². The third kappa shape index (κ3) is 5.13. The van der Waals surface area contributed by atoms with E-state index in [2.05, 4.69) is 15.6 Å². The van der Waals surface area contributed by atoms with Gasteiger partial charge in [-0.2, -0.15) is 0 Å². The lowest BCUT2D eigenvalue weighted by Crippen LogP contribution is -2.30. The molecule has 29 heavy (non-hydrogen) atoms. The van der Waals surface area contributed by atoms with Gasteiger partial charge in [0.2, 0.25) is 0 Å². The molecule has 3 rings (SSSR count). The number of rotatable bonds is 6. The number of carbonyl (C=O) groups is 2. The van der Waals surface area contributed by atoms with Gasteiger partial charge in [-0.1, -0.05) is 23.8 Å². The molecule has 2 heterocycles. The van der Waals surface area contributed by atoms with Crippen LogP contribution in [-0.4, -0.2) is 21.7 Å². The summed E-state index contributed by atoms with van der Waals surface area (Å²) in [5.74, 6) is -1.35. The van der Waals surface area contributed by atoms with Crippen LogP contribution in [0.2, 0.25) is 0 Å². The molecule has 0 saturated carbocycles. The molecule has 0 bridgehead atoms. The summed E-state index contributed by atoms with van der Waals surface area (Å²) >= 11 is 0. The zero-order chi connectivity index (χ0) is 20.8. The van der Waals surface area contributed by atoms with E-state index < -0.39 is 22.6 Å². The van der Waals surface area contributed by atoms with E-state index in [4.69, 9.17) is 4.42 Å². The van der Waals surface area contributed by atoms with Crippen LogP contribution in [0.1, 0.15) is 21.7 Å². The fraction of sp³-hybridized carbons (Fsp3) is 0.0500. The molecule has 0 unspecified atom stereocenters. The third-order valence-electron chi connectivity index (χ3n) is 3.79. The largest absolute Gasteiger partial charge is 0.433 e. The number of nitrogens with zero attached hydrogens (tertiary/aromatic N) is 2. The van der Waals surface area contributed by atoms with Gasteiger partial charge in [0.25, 0.3) is 11.8 Å². The molecule has 0 saturated heterocycles. The van der Waals surface area contributed by atoms with Crippen molar-refractivity contribution in [2.75, 3.05) is 5.32 Å². The van der Waals surface area contributed by atoms with Gasteiger partial charge >= 0.3 is 5.88 Å². The van der Waals surface area contributed by atoms with Crippen molar-refractivity contribution >= 4 is 29.6 Å². The van der Waals surface area contributed by atoms with Crippen molar-refractivity contribution in [3.63, 3.8) is 0 Å². The van der Waals surface area contributed by atoms with Crippen LogP contribution in [0.5, 0.6) is 0 Å². The van der Waals surface area contributed by atoms with Gasteiger partial charge in [0.1, 0.15) is 22.2 Å². The number of benzene rings is 1. The van der Waals surface area contributed by atoms with Crippen molar-refractivity contribution in [2.24, 2.45) is 0 Å². The van der Waals surface area contributed by atoms with Crippen LogP contribution in [0.15, 0.2) is 70.9 Å². The molecule has 2 N–H and O–H groups in total. The summed E-state index contributed by atoms with van der Waals surface area (Å²) in [4.78, 5) is 39.3. The van der Waals surface area contributed by atoms with Gasteiger partial charge in [0, 0.05) is 17.8 Å².